The first-order chi connectivity index (χ1) is 11.1. The Labute approximate surface area is 139 Å². The largest absolute Gasteiger partial charge is 0.481 e. The van der Waals surface area contributed by atoms with Crippen LogP contribution in [0.3, 0.4) is 0 Å². The van der Waals surface area contributed by atoms with Gasteiger partial charge in [0.1, 0.15) is 5.75 Å². The molecule has 2 rings (SSSR count). The summed E-state index contributed by atoms with van der Waals surface area (Å²) in [6.07, 6.45) is 0.206. The summed E-state index contributed by atoms with van der Waals surface area (Å²) in [6, 6.07) is 6.03. The summed E-state index contributed by atoms with van der Waals surface area (Å²) in [5.74, 6) is 0.720. The van der Waals surface area contributed by atoms with Gasteiger partial charge in [-0.3, -0.25) is 9.69 Å². The normalized spacial score (nSPS) is 16.8. The van der Waals surface area contributed by atoms with Crippen molar-refractivity contribution in [2.24, 2.45) is 0 Å². The Morgan fingerprint density at radius 3 is 2.52 bits per heavy atom. The lowest BCUT2D eigenvalue weighted by atomic mass is 10.1. The van der Waals surface area contributed by atoms with Crippen molar-refractivity contribution in [3.63, 3.8) is 0 Å². The van der Waals surface area contributed by atoms with Gasteiger partial charge >= 0.3 is 0 Å². The summed E-state index contributed by atoms with van der Waals surface area (Å²) in [7, 11) is 0. The Kier molecular flexibility index (Phi) is 6.86. The Bertz CT molecular complexity index is 493. The van der Waals surface area contributed by atoms with Crippen LogP contribution in [0.15, 0.2) is 18.2 Å². The van der Waals surface area contributed by atoms with Crippen LogP contribution in [0.25, 0.3) is 0 Å². The zero-order valence-corrected chi connectivity index (χ0v) is 14.4. The predicted octanol–water partition coefficient (Wildman–Crippen LogP) is 1.91. The molecule has 0 bridgehead atoms. The van der Waals surface area contributed by atoms with Crippen molar-refractivity contribution in [3.8, 4) is 5.75 Å². The summed E-state index contributed by atoms with van der Waals surface area (Å²) in [5, 5.41) is 2.98. The second-order valence-electron chi connectivity index (χ2n) is 6.08. The highest BCUT2D eigenvalue weighted by Gasteiger charge is 2.19. The van der Waals surface area contributed by atoms with Crippen LogP contribution in [0.1, 0.15) is 24.5 Å². The lowest BCUT2D eigenvalue weighted by Crippen LogP contribution is -2.44. The first-order valence-corrected chi connectivity index (χ1v) is 8.41. The van der Waals surface area contributed by atoms with Crippen molar-refractivity contribution < 1.29 is 14.3 Å². The third-order valence-corrected chi connectivity index (χ3v) is 3.97. The number of aryl methyl sites for hydroxylation is 2. The number of morpholine rings is 1. The molecular weight excluding hydrogens is 292 g/mol. The van der Waals surface area contributed by atoms with Gasteiger partial charge in [0.25, 0.3) is 5.91 Å². The van der Waals surface area contributed by atoms with E-state index in [0.29, 0.717) is 13.0 Å². The fourth-order valence-electron chi connectivity index (χ4n) is 2.76. The van der Waals surface area contributed by atoms with Gasteiger partial charge in [0.15, 0.2) is 6.10 Å². The van der Waals surface area contributed by atoms with Gasteiger partial charge in [-0.2, -0.15) is 0 Å². The Balaban J connectivity index is 1.80. The molecule has 128 valence electrons. The van der Waals surface area contributed by atoms with E-state index in [0.717, 1.165) is 49.7 Å². The van der Waals surface area contributed by atoms with E-state index in [1.54, 1.807) is 0 Å². The highest BCUT2D eigenvalue weighted by molar-refractivity contribution is 5.81. The van der Waals surface area contributed by atoms with E-state index in [4.69, 9.17) is 9.47 Å². The standard InChI is InChI=1S/C18H28N2O3/c1-4-17(23-16-12-14(2)11-15(3)13-16)18(21)19-5-6-20-7-9-22-10-8-20/h11-13,17H,4-10H2,1-3H3,(H,19,21)/t17-/m1/s1. The maximum absolute atomic E-state index is 12.3. The number of hydrogen-bond acceptors (Lipinski definition) is 4. The van der Waals surface area contributed by atoms with Gasteiger partial charge in [-0.05, 0) is 43.5 Å². The number of nitrogens with zero attached hydrogens (tertiary/aromatic N) is 1. The molecule has 1 heterocycles. The lowest BCUT2D eigenvalue weighted by Gasteiger charge is -2.26. The zero-order chi connectivity index (χ0) is 16.7. The number of hydrogen-bond donors (Lipinski definition) is 1. The number of carbonyl (C=O) groups excluding carboxylic acids is 1. The monoisotopic (exact) mass is 320 g/mol. The Hall–Kier alpha value is -1.59. The minimum absolute atomic E-state index is 0.0417. The van der Waals surface area contributed by atoms with Crippen molar-refractivity contribution in [1.82, 2.24) is 10.2 Å². The third-order valence-electron chi connectivity index (χ3n) is 3.97. The van der Waals surface area contributed by atoms with Gasteiger partial charge in [0, 0.05) is 26.2 Å². The summed E-state index contributed by atoms with van der Waals surface area (Å²) < 4.78 is 11.2. The number of rotatable bonds is 7. The molecule has 1 aromatic carbocycles. The average molecular weight is 320 g/mol. The van der Waals surface area contributed by atoms with Gasteiger partial charge in [0.05, 0.1) is 13.2 Å². The highest BCUT2D eigenvalue weighted by atomic mass is 16.5. The lowest BCUT2D eigenvalue weighted by molar-refractivity contribution is -0.128. The smallest absolute Gasteiger partial charge is 0.261 e. The van der Waals surface area contributed by atoms with Crippen LogP contribution in [0.5, 0.6) is 5.75 Å². The van der Waals surface area contributed by atoms with Crippen LogP contribution in [0.4, 0.5) is 0 Å². The third kappa shape index (κ3) is 5.84. The molecule has 1 saturated heterocycles. The van der Waals surface area contributed by atoms with E-state index < -0.39 is 6.10 Å². The van der Waals surface area contributed by atoms with Crippen molar-refractivity contribution >= 4 is 5.91 Å². The molecule has 5 heteroatoms. The molecule has 0 spiro atoms. The zero-order valence-electron chi connectivity index (χ0n) is 14.4. The van der Waals surface area contributed by atoms with E-state index >= 15 is 0 Å². The molecule has 0 radical (unpaired) electrons. The van der Waals surface area contributed by atoms with E-state index in [1.807, 2.05) is 32.9 Å². The minimum Gasteiger partial charge on any atom is -0.481 e. The summed E-state index contributed by atoms with van der Waals surface area (Å²) in [5.41, 5.74) is 2.28. The van der Waals surface area contributed by atoms with E-state index in [1.165, 1.54) is 0 Å². The minimum atomic E-state index is -0.444. The molecule has 1 aliphatic heterocycles. The maximum Gasteiger partial charge on any atom is 0.261 e. The molecule has 1 amide bonds. The summed E-state index contributed by atoms with van der Waals surface area (Å²) in [4.78, 5) is 14.6. The van der Waals surface area contributed by atoms with Crippen molar-refractivity contribution in [2.45, 2.75) is 33.3 Å². The first-order valence-electron chi connectivity index (χ1n) is 8.41. The SMILES string of the molecule is CC[C@@H](Oc1cc(C)cc(C)c1)C(=O)NCCN1CCOCC1. The van der Waals surface area contributed by atoms with Gasteiger partial charge in [-0.25, -0.2) is 0 Å². The van der Waals surface area contributed by atoms with Crippen molar-refractivity contribution in [1.29, 1.82) is 0 Å². The second-order valence-corrected chi connectivity index (χ2v) is 6.08. The maximum atomic E-state index is 12.3. The summed E-state index contributed by atoms with van der Waals surface area (Å²) >= 11 is 0. The molecule has 0 aromatic heterocycles. The van der Waals surface area contributed by atoms with Gasteiger partial charge in [0.2, 0.25) is 0 Å². The fraction of sp³-hybridized carbons (Fsp3) is 0.611. The van der Waals surface area contributed by atoms with E-state index in [2.05, 4.69) is 16.3 Å². The highest BCUT2D eigenvalue weighted by Crippen LogP contribution is 2.18. The number of nitrogens with one attached hydrogen (secondary N) is 1. The molecule has 5 nitrogen and oxygen atoms in total. The Morgan fingerprint density at radius 1 is 1.26 bits per heavy atom. The molecule has 1 aromatic rings. The fourth-order valence-corrected chi connectivity index (χ4v) is 2.76. The van der Waals surface area contributed by atoms with E-state index in [-0.39, 0.29) is 5.91 Å². The van der Waals surface area contributed by atoms with Gasteiger partial charge in [-0.1, -0.05) is 13.0 Å². The van der Waals surface area contributed by atoms with Crippen molar-refractivity contribution in [2.75, 3.05) is 39.4 Å². The Morgan fingerprint density at radius 2 is 1.91 bits per heavy atom. The van der Waals surface area contributed by atoms with Crippen LogP contribution in [0, 0.1) is 13.8 Å². The van der Waals surface area contributed by atoms with Crippen LogP contribution >= 0.6 is 0 Å². The molecule has 1 aliphatic rings. The average Bonchev–Trinajstić information content (AvgIpc) is 2.52. The molecule has 0 unspecified atom stereocenters. The van der Waals surface area contributed by atoms with Gasteiger partial charge in [-0.15, -0.1) is 0 Å². The second kappa shape index (κ2) is 8.89. The predicted molar refractivity (Wildman–Crippen MR) is 90.9 cm³/mol. The molecule has 0 saturated carbocycles. The molecule has 23 heavy (non-hydrogen) atoms. The molecule has 0 aliphatic carbocycles. The number of benzene rings is 1. The summed E-state index contributed by atoms with van der Waals surface area (Å²) in [6.45, 7) is 11.0. The molecular formula is C18H28N2O3. The van der Waals surface area contributed by atoms with Crippen LogP contribution in [0.2, 0.25) is 0 Å². The van der Waals surface area contributed by atoms with Gasteiger partial charge < -0.3 is 14.8 Å². The number of ether oxygens (including phenoxy) is 2. The topological polar surface area (TPSA) is 50.8 Å². The molecule has 1 atom stereocenters. The van der Waals surface area contributed by atoms with Crippen LogP contribution in [-0.4, -0.2) is 56.3 Å². The quantitative estimate of drug-likeness (QED) is 0.834. The van der Waals surface area contributed by atoms with Crippen molar-refractivity contribution in [3.05, 3.63) is 29.3 Å². The van der Waals surface area contributed by atoms with Crippen LogP contribution in [-0.2, 0) is 9.53 Å². The molecule has 1 fully saturated rings. The number of carbonyl (C=O) groups is 1. The molecule has 1 N–H and O–H groups in total. The van der Waals surface area contributed by atoms with Crippen LogP contribution < -0.4 is 10.1 Å². The number of amides is 1. The van der Waals surface area contributed by atoms with E-state index in [9.17, 15) is 4.79 Å². The first kappa shape index (κ1) is 17.8.